The van der Waals surface area contributed by atoms with Crippen LogP contribution in [0.3, 0.4) is 0 Å². The fraction of sp³-hybridized carbons (Fsp3) is 0.776. The Balaban J connectivity index is 4.32. The molecule has 0 aromatic heterocycles. The number of unbranched alkanes of at least 4 members (excludes halogenated alkanes) is 40. The average Bonchev–Trinajstić information content (AvgIpc) is 3.47. The summed E-state index contributed by atoms with van der Waals surface area (Å²) in [6, 6.07) is 0. The van der Waals surface area contributed by atoms with Crippen LogP contribution in [0.5, 0.6) is 0 Å². The lowest BCUT2D eigenvalue weighted by molar-refractivity contribution is -0.167. The molecule has 0 amide bonds. The zero-order valence-corrected chi connectivity index (χ0v) is 54.5. The molecule has 0 aromatic carbocycles. The predicted octanol–water partition coefficient (Wildman–Crippen LogP) is 24.6. The maximum absolute atomic E-state index is 12.9. The first-order valence-corrected chi connectivity index (χ1v) is 35.6. The number of hydrogen-bond acceptors (Lipinski definition) is 6. The van der Waals surface area contributed by atoms with Gasteiger partial charge in [0.05, 0.1) is 0 Å². The highest BCUT2D eigenvalue weighted by atomic mass is 16.6. The van der Waals surface area contributed by atoms with Crippen LogP contribution >= 0.6 is 0 Å². The molecule has 0 aromatic rings. The van der Waals surface area contributed by atoms with Crippen molar-refractivity contribution in [2.24, 2.45) is 0 Å². The van der Waals surface area contributed by atoms with Crippen molar-refractivity contribution in [3.8, 4) is 0 Å². The molecule has 1 unspecified atom stereocenters. The summed E-state index contributed by atoms with van der Waals surface area (Å²) in [6.45, 7) is 6.53. The van der Waals surface area contributed by atoms with Crippen LogP contribution in [0.1, 0.15) is 361 Å². The summed E-state index contributed by atoms with van der Waals surface area (Å²) in [6.07, 6.45) is 93.4. The topological polar surface area (TPSA) is 78.9 Å². The highest BCUT2D eigenvalue weighted by Crippen LogP contribution is 2.18. The van der Waals surface area contributed by atoms with Gasteiger partial charge in [-0.05, 0) is 96.3 Å². The minimum atomic E-state index is -0.804. The Bertz CT molecular complexity index is 1550. The van der Waals surface area contributed by atoms with E-state index < -0.39 is 6.10 Å². The van der Waals surface area contributed by atoms with E-state index in [1.165, 1.54) is 218 Å². The predicted molar refractivity (Wildman–Crippen MR) is 358 cm³/mol. The second-order valence-corrected chi connectivity index (χ2v) is 23.8. The first-order valence-electron chi connectivity index (χ1n) is 35.6. The van der Waals surface area contributed by atoms with Crippen molar-refractivity contribution in [1.29, 1.82) is 0 Å². The van der Waals surface area contributed by atoms with E-state index in [0.29, 0.717) is 19.3 Å². The number of carbonyl (C=O) groups is 3. The molecule has 474 valence electrons. The molecule has 0 heterocycles. The van der Waals surface area contributed by atoms with Crippen LogP contribution in [0.4, 0.5) is 0 Å². The van der Waals surface area contributed by atoms with Crippen molar-refractivity contribution in [1.82, 2.24) is 0 Å². The van der Waals surface area contributed by atoms with Crippen molar-refractivity contribution in [2.75, 3.05) is 13.2 Å². The minimum Gasteiger partial charge on any atom is -0.462 e. The van der Waals surface area contributed by atoms with Crippen molar-refractivity contribution >= 4 is 17.9 Å². The second-order valence-electron chi connectivity index (χ2n) is 23.8. The molecule has 0 bridgehead atoms. The lowest BCUT2D eigenvalue weighted by Gasteiger charge is -2.18. The number of rotatable bonds is 65. The van der Waals surface area contributed by atoms with Gasteiger partial charge in [0.1, 0.15) is 13.2 Å². The number of allylic oxidation sites excluding steroid dienone is 14. The number of esters is 3. The molecular weight excluding hydrogens is 1010 g/mol. The first-order chi connectivity index (χ1) is 40.5. The SMILES string of the molecule is CC/C=C\C/C=C\C/C=C\C/C=C\C/C=C\C/C=C\CCCCC(=O)OC(COC(=O)CCCCCCC/C=C\CCCCCCCC)COC(=O)CCCCCCCCCCCCCCCCCCCCCCCCCCCCCC. The molecule has 0 aliphatic carbocycles. The zero-order valence-electron chi connectivity index (χ0n) is 54.5. The van der Waals surface area contributed by atoms with E-state index in [9.17, 15) is 14.4 Å². The molecule has 0 saturated heterocycles. The van der Waals surface area contributed by atoms with Crippen molar-refractivity contribution in [3.63, 3.8) is 0 Å². The van der Waals surface area contributed by atoms with Crippen LogP contribution in [-0.4, -0.2) is 37.2 Å². The normalized spacial score (nSPS) is 12.6. The summed E-state index contributed by atoms with van der Waals surface area (Å²) in [4.78, 5) is 38.4. The van der Waals surface area contributed by atoms with Gasteiger partial charge in [-0.25, -0.2) is 0 Å². The Morgan fingerprint density at radius 2 is 0.476 bits per heavy atom. The van der Waals surface area contributed by atoms with E-state index in [1.54, 1.807) is 0 Å². The van der Waals surface area contributed by atoms with Gasteiger partial charge in [0.15, 0.2) is 6.10 Å². The van der Waals surface area contributed by atoms with Gasteiger partial charge in [-0.2, -0.15) is 0 Å². The van der Waals surface area contributed by atoms with E-state index in [2.05, 4.69) is 106 Å². The highest BCUT2D eigenvalue weighted by molar-refractivity contribution is 5.71. The third-order valence-electron chi connectivity index (χ3n) is 15.6. The molecule has 6 nitrogen and oxygen atoms in total. The van der Waals surface area contributed by atoms with Gasteiger partial charge in [-0.3, -0.25) is 14.4 Å². The van der Waals surface area contributed by atoms with Crippen LogP contribution in [0.15, 0.2) is 85.1 Å². The van der Waals surface area contributed by atoms with Crippen LogP contribution in [-0.2, 0) is 28.6 Å². The molecule has 0 rings (SSSR count). The Morgan fingerprint density at radius 3 is 0.780 bits per heavy atom. The average molecular weight is 1140 g/mol. The van der Waals surface area contributed by atoms with E-state index in [4.69, 9.17) is 14.2 Å². The van der Waals surface area contributed by atoms with Gasteiger partial charge in [-0.1, -0.05) is 331 Å². The fourth-order valence-electron chi connectivity index (χ4n) is 10.3. The molecule has 0 saturated carbocycles. The number of ether oxygens (including phenoxy) is 3. The largest absolute Gasteiger partial charge is 0.462 e. The fourth-order valence-corrected chi connectivity index (χ4v) is 10.3. The third kappa shape index (κ3) is 67.4. The summed E-state index contributed by atoms with van der Waals surface area (Å²) >= 11 is 0. The summed E-state index contributed by atoms with van der Waals surface area (Å²) < 4.78 is 16.9. The van der Waals surface area contributed by atoms with Gasteiger partial charge in [0.2, 0.25) is 0 Å². The van der Waals surface area contributed by atoms with Gasteiger partial charge in [0.25, 0.3) is 0 Å². The van der Waals surface area contributed by atoms with Crippen LogP contribution < -0.4 is 0 Å². The Hall–Kier alpha value is -3.41. The highest BCUT2D eigenvalue weighted by Gasteiger charge is 2.19. The summed E-state index contributed by atoms with van der Waals surface area (Å²) in [7, 11) is 0. The van der Waals surface area contributed by atoms with Crippen LogP contribution in [0.2, 0.25) is 0 Å². The van der Waals surface area contributed by atoms with Crippen molar-refractivity contribution in [3.05, 3.63) is 85.1 Å². The maximum atomic E-state index is 12.9. The zero-order chi connectivity index (χ0) is 59.2. The van der Waals surface area contributed by atoms with Crippen molar-refractivity contribution in [2.45, 2.75) is 367 Å². The standard InChI is InChI=1S/C76H134O6/c1-4-7-10-13-16-19-22-25-28-30-32-34-35-36-37-38-39-40-42-43-45-48-51-54-57-60-63-66-69-75(78)81-72-73(71-80-74(77)68-65-62-59-56-53-50-47-27-24-21-18-15-12-9-6-3)82-76(79)70-67-64-61-58-55-52-49-46-44-41-33-31-29-26-23-20-17-14-11-8-5-2/h8,11,17,20,26-27,29,33,41,46-47,49,55,58,73H,4-7,9-10,12-16,18-19,21-25,28,30-32,34-40,42-45,48,50-54,56-57,59-72H2,1-3H3/b11-8-,20-17-,29-26-,41-33-,47-27-,49-46-,58-55-. The van der Waals surface area contributed by atoms with E-state index in [0.717, 1.165) is 96.3 Å². The molecule has 0 radical (unpaired) electrons. The minimum absolute atomic E-state index is 0.0939. The lowest BCUT2D eigenvalue weighted by Crippen LogP contribution is -2.30. The molecule has 1 atom stereocenters. The third-order valence-corrected chi connectivity index (χ3v) is 15.6. The summed E-state index contributed by atoms with van der Waals surface area (Å²) in [5, 5.41) is 0. The van der Waals surface area contributed by atoms with Crippen molar-refractivity contribution < 1.29 is 28.6 Å². The van der Waals surface area contributed by atoms with E-state index in [-0.39, 0.29) is 37.5 Å². The quantitative estimate of drug-likeness (QED) is 0.0261. The number of hydrogen-bond donors (Lipinski definition) is 0. The van der Waals surface area contributed by atoms with Crippen LogP contribution in [0, 0.1) is 0 Å². The van der Waals surface area contributed by atoms with Gasteiger partial charge < -0.3 is 14.2 Å². The number of carbonyl (C=O) groups excluding carboxylic acids is 3. The molecule has 6 heteroatoms. The van der Waals surface area contributed by atoms with E-state index >= 15 is 0 Å². The van der Waals surface area contributed by atoms with Gasteiger partial charge in [-0.15, -0.1) is 0 Å². The second kappa shape index (κ2) is 70.1. The first kappa shape index (κ1) is 78.6. The van der Waals surface area contributed by atoms with Gasteiger partial charge >= 0.3 is 17.9 Å². The Morgan fingerprint density at radius 1 is 0.256 bits per heavy atom. The monoisotopic (exact) mass is 1140 g/mol. The maximum Gasteiger partial charge on any atom is 0.306 e. The Kier molecular flexibility index (Phi) is 67.2. The molecule has 0 N–H and O–H groups in total. The Labute approximate surface area is 509 Å². The van der Waals surface area contributed by atoms with Crippen LogP contribution in [0.25, 0.3) is 0 Å². The molecule has 0 fully saturated rings. The summed E-state index contributed by atoms with van der Waals surface area (Å²) in [5.74, 6) is -0.929. The molecule has 82 heavy (non-hydrogen) atoms. The lowest BCUT2D eigenvalue weighted by atomic mass is 10.0. The molecular formula is C76H134O6. The smallest absolute Gasteiger partial charge is 0.306 e. The van der Waals surface area contributed by atoms with Gasteiger partial charge in [0, 0.05) is 19.3 Å². The molecule has 0 aliphatic rings. The summed E-state index contributed by atoms with van der Waals surface area (Å²) in [5.41, 5.74) is 0. The molecule has 0 spiro atoms. The van der Waals surface area contributed by atoms with E-state index in [1.807, 2.05) is 0 Å². The molecule has 0 aliphatic heterocycles.